The second kappa shape index (κ2) is 5.96. The Balaban J connectivity index is 1.52. The third kappa shape index (κ3) is 2.93. The third-order valence-electron chi connectivity index (χ3n) is 6.52. The van der Waals surface area contributed by atoms with Crippen molar-refractivity contribution in [3.05, 3.63) is 35.9 Å². The standard InChI is InChI=1S/C21H29NO/c1-2-6-19(18-7-4-3-5-8-18)20(23)22-21-12-15-9-16(13-21)11-17(10-15)14-21/h3-5,7-8,15-17,19H,2,6,9-14H2,1H3,(H,22,23)/t15?,16?,17?,19-,21?/m1/s1. The molecule has 1 N–H and O–H groups in total. The lowest BCUT2D eigenvalue weighted by Crippen LogP contribution is -2.60. The molecule has 1 aromatic rings. The highest BCUT2D eigenvalue weighted by atomic mass is 16.2. The van der Waals surface area contributed by atoms with Crippen molar-refractivity contribution >= 4 is 5.91 Å². The minimum Gasteiger partial charge on any atom is -0.350 e. The topological polar surface area (TPSA) is 29.1 Å². The van der Waals surface area contributed by atoms with Crippen LogP contribution in [0.3, 0.4) is 0 Å². The second-order valence-corrected chi connectivity index (χ2v) is 8.44. The molecule has 0 unspecified atom stereocenters. The van der Waals surface area contributed by atoms with Crippen molar-refractivity contribution in [1.29, 1.82) is 0 Å². The van der Waals surface area contributed by atoms with E-state index in [1.807, 2.05) is 6.07 Å². The molecule has 1 atom stereocenters. The fourth-order valence-corrected chi connectivity index (χ4v) is 6.04. The van der Waals surface area contributed by atoms with Crippen LogP contribution in [0.4, 0.5) is 0 Å². The Hall–Kier alpha value is -1.31. The highest BCUT2D eigenvalue weighted by Gasteiger charge is 2.51. The average molecular weight is 311 g/mol. The summed E-state index contributed by atoms with van der Waals surface area (Å²) < 4.78 is 0. The molecule has 1 amide bonds. The summed E-state index contributed by atoms with van der Waals surface area (Å²) in [6, 6.07) is 10.4. The summed E-state index contributed by atoms with van der Waals surface area (Å²) in [5, 5.41) is 3.57. The van der Waals surface area contributed by atoms with E-state index in [4.69, 9.17) is 0 Å². The molecule has 0 aliphatic heterocycles. The molecule has 0 radical (unpaired) electrons. The molecule has 0 heterocycles. The van der Waals surface area contributed by atoms with Crippen LogP contribution in [0.1, 0.15) is 69.8 Å². The Morgan fingerprint density at radius 1 is 1.09 bits per heavy atom. The minimum absolute atomic E-state index is 0.0224. The molecule has 0 saturated heterocycles. The number of hydrogen-bond acceptors (Lipinski definition) is 1. The Labute approximate surface area is 140 Å². The van der Waals surface area contributed by atoms with Gasteiger partial charge < -0.3 is 5.32 Å². The summed E-state index contributed by atoms with van der Waals surface area (Å²) in [6.45, 7) is 2.17. The average Bonchev–Trinajstić information content (AvgIpc) is 2.51. The molecule has 2 heteroatoms. The molecule has 4 fully saturated rings. The monoisotopic (exact) mass is 311 g/mol. The predicted molar refractivity (Wildman–Crippen MR) is 93.1 cm³/mol. The first-order valence-corrected chi connectivity index (χ1v) is 9.54. The summed E-state index contributed by atoms with van der Waals surface area (Å²) in [4.78, 5) is 13.1. The fraction of sp³-hybridized carbons (Fsp3) is 0.667. The summed E-state index contributed by atoms with van der Waals surface area (Å²) in [5.41, 5.74) is 1.31. The van der Waals surface area contributed by atoms with Crippen molar-refractivity contribution in [2.45, 2.75) is 69.7 Å². The molecular formula is C21H29NO. The van der Waals surface area contributed by atoms with Crippen molar-refractivity contribution in [2.75, 3.05) is 0 Å². The lowest BCUT2D eigenvalue weighted by atomic mass is 9.53. The highest BCUT2D eigenvalue weighted by Crippen LogP contribution is 2.55. The molecule has 5 rings (SSSR count). The van der Waals surface area contributed by atoms with Gasteiger partial charge in [0.1, 0.15) is 0 Å². The lowest BCUT2D eigenvalue weighted by molar-refractivity contribution is -0.128. The summed E-state index contributed by atoms with van der Waals surface area (Å²) in [5.74, 6) is 2.93. The van der Waals surface area contributed by atoms with Crippen LogP contribution in [0, 0.1) is 17.8 Å². The van der Waals surface area contributed by atoms with Crippen LogP contribution < -0.4 is 5.32 Å². The molecule has 4 aliphatic carbocycles. The summed E-state index contributed by atoms with van der Waals surface area (Å²) in [6.07, 6.45) is 9.97. The van der Waals surface area contributed by atoms with Crippen molar-refractivity contribution in [3.63, 3.8) is 0 Å². The van der Waals surface area contributed by atoms with Gasteiger partial charge in [0, 0.05) is 5.54 Å². The number of benzene rings is 1. The van der Waals surface area contributed by atoms with Crippen LogP contribution in [-0.2, 0) is 4.79 Å². The molecule has 0 aromatic heterocycles. The van der Waals surface area contributed by atoms with E-state index in [1.54, 1.807) is 0 Å². The van der Waals surface area contributed by atoms with E-state index in [0.29, 0.717) is 0 Å². The Bertz CT molecular complexity index is 529. The zero-order valence-corrected chi connectivity index (χ0v) is 14.3. The van der Waals surface area contributed by atoms with Gasteiger partial charge in [0.2, 0.25) is 5.91 Å². The quantitative estimate of drug-likeness (QED) is 0.842. The molecule has 23 heavy (non-hydrogen) atoms. The van der Waals surface area contributed by atoms with Crippen LogP contribution in [0.25, 0.3) is 0 Å². The molecule has 4 saturated carbocycles. The van der Waals surface area contributed by atoms with Gasteiger partial charge in [0.15, 0.2) is 0 Å². The van der Waals surface area contributed by atoms with E-state index in [0.717, 1.165) is 30.6 Å². The largest absolute Gasteiger partial charge is 0.350 e. The van der Waals surface area contributed by atoms with Crippen molar-refractivity contribution in [3.8, 4) is 0 Å². The number of hydrogen-bond donors (Lipinski definition) is 1. The van der Waals surface area contributed by atoms with Gasteiger partial charge in [0.05, 0.1) is 5.92 Å². The van der Waals surface area contributed by atoms with Crippen molar-refractivity contribution in [2.24, 2.45) is 17.8 Å². The number of carbonyl (C=O) groups is 1. The second-order valence-electron chi connectivity index (χ2n) is 8.44. The maximum atomic E-state index is 13.1. The normalized spacial score (nSPS) is 36.0. The zero-order valence-electron chi connectivity index (χ0n) is 14.3. The van der Waals surface area contributed by atoms with E-state index in [2.05, 4.69) is 36.5 Å². The fourth-order valence-electron chi connectivity index (χ4n) is 6.04. The SMILES string of the molecule is CCC[C@@H](C(=O)NC12CC3CC(CC(C3)C1)C2)c1ccccc1. The Morgan fingerprint density at radius 2 is 1.65 bits per heavy atom. The maximum absolute atomic E-state index is 13.1. The highest BCUT2D eigenvalue weighted by molar-refractivity contribution is 5.84. The van der Waals surface area contributed by atoms with Crippen LogP contribution >= 0.6 is 0 Å². The van der Waals surface area contributed by atoms with E-state index in [1.165, 1.54) is 44.1 Å². The van der Waals surface area contributed by atoms with Gasteiger partial charge in [-0.1, -0.05) is 43.7 Å². The minimum atomic E-state index is 0.0224. The lowest BCUT2D eigenvalue weighted by Gasteiger charge is -2.57. The predicted octanol–water partition coefficient (Wildman–Crippen LogP) is 4.66. The molecule has 124 valence electrons. The van der Waals surface area contributed by atoms with Crippen LogP contribution in [0.2, 0.25) is 0 Å². The van der Waals surface area contributed by atoms with Gasteiger partial charge in [-0.3, -0.25) is 4.79 Å². The summed E-state index contributed by atoms with van der Waals surface area (Å²) in [7, 11) is 0. The molecule has 0 spiro atoms. The van der Waals surface area contributed by atoms with Crippen molar-refractivity contribution in [1.82, 2.24) is 5.32 Å². The molecule has 2 nitrogen and oxygen atoms in total. The van der Waals surface area contributed by atoms with Crippen molar-refractivity contribution < 1.29 is 4.79 Å². The van der Waals surface area contributed by atoms with Crippen LogP contribution in [0.15, 0.2) is 30.3 Å². The Kier molecular flexibility index (Phi) is 3.95. The van der Waals surface area contributed by atoms with Gasteiger partial charge in [-0.2, -0.15) is 0 Å². The van der Waals surface area contributed by atoms with Crippen LogP contribution in [-0.4, -0.2) is 11.4 Å². The summed E-state index contributed by atoms with van der Waals surface area (Å²) >= 11 is 0. The van der Waals surface area contributed by atoms with E-state index in [9.17, 15) is 4.79 Å². The third-order valence-corrected chi connectivity index (χ3v) is 6.52. The van der Waals surface area contributed by atoms with Gasteiger partial charge in [-0.15, -0.1) is 0 Å². The van der Waals surface area contributed by atoms with Gasteiger partial charge in [-0.25, -0.2) is 0 Å². The number of carbonyl (C=O) groups excluding carboxylic acids is 1. The Morgan fingerprint density at radius 3 is 2.17 bits per heavy atom. The molecule has 4 aliphatic rings. The molecule has 1 aromatic carbocycles. The maximum Gasteiger partial charge on any atom is 0.227 e. The van der Waals surface area contributed by atoms with Gasteiger partial charge >= 0.3 is 0 Å². The number of rotatable bonds is 5. The number of amides is 1. The van der Waals surface area contributed by atoms with E-state index in [-0.39, 0.29) is 17.4 Å². The first-order chi connectivity index (χ1) is 11.2. The zero-order chi connectivity index (χ0) is 15.9. The van der Waals surface area contributed by atoms with Crippen LogP contribution in [0.5, 0.6) is 0 Å². The van der Waals surface area contributed by atoms with Gasteiger partial charge in [0.25, 0.3) is 0 Å². The molecule has 4 bridgehead atoms. The first kappa shape index (κ1) is 15.2. The number of nitrogens with one attached hydrogen (secondary N) is 1. The smallest absolute Gasteiger partial charge is 0.227 e. The van der Waals surface area contributed by atoms with Gasteiger partial charge in [-0.05, 0) is 68.3 Å². The van der Waals surface area contributed by atoms with E-state index < -0.39 is 0 Å². The first-order valence-electron chi connectivity index (χ1n) is 9.54. The van der Waals surface area contributed by atoms with E-state index >= 15 is 0 Å². The molecular weight excluding hydrogens is 282 g/mol.